The van der Waals surface area contributed by atoms with E-state index >= 15 is 0 Å². The van der Waals surface area contributed by atoms with E-state index in [1.54, 1.807) is 19.2 Å². The highest BCUT2D eigenvalue weighted by Crippen LogP contribution is 2.39. The molecule has 0 saturated heterocycles. The molecule has 3 atom stereocenters. The number of anilines is 2. The molecule has 8 nitrogen and oxygen atoms in total. The Morgan fingerprint density at radius 1 is 1.03 bits per heavy atom. The molecule has 2 unspecified atom stereocenters. The van der Waals surface area contributed by atoms with Gasteiger partial charge < -0.3 is 20.8 Å². The average molecular weight is 547 g/mol. The molecule has 202 valence electrons. The molecule has 0 spiro atoms. The first kappa shape index (κ1) is 27.7. The Balaban J connectivity index is 1.77. The number of nitrogens with zero attached hydrogens (tertiary/aromatic N) is 4. The summed E-state index contributed by atoms with van der Waals surface area (Å²) >= 11 is 1.39. The zero-order valence-electron chi connectivity index (χ0n) is 21.1. The lowest BCUT2D eigenvalue weighted by Gasteiger charge is -2.24. The number of aliphatic hydroxyl groups is 2. The van der Waals surface area contributed by atoms with Crippen LogP contribution in [0.4, 0.5) is 24.9 Å². The minimum atomic E-state index is -4.60. The van der Waals surface area contributed by atoms with Crippen molar-refractivity contribution in [3.63, 3.8) is 0 Å². The molecule has 4 aromatic rings. The van der Waals surface area contributed by atoms with Crippen molar-refractivity contribution in [2.45, 2.75) is 45.5 Å². The van der Waals surface area contributed by atoms with Gasteiger partial charge in [-0.1, -0.05) is 37.3 Å². The second kappa shape index (κ2) is 11.6. The van der Waals surface area contributed by atoms with E-state index in [4.69, 9.17) is 4.98 Å². The number of hydrogen-bond donors (Lipinski definition) is 4. The van der Waals surface area contributed by atoms with E-state index in [0.29, 0.717) is 28.2 Å². The van der Waals surface area contributed by atoms with Gasteiger partial charge in [0.2, 0.25) is 5.95 Å². The number of halogens is 3. The molecule has 3 heterocycles. The summed E-state index contributed by atoms with van der Waals surface area (Å²) in [6.07, 6.45) is -3.27. The lowest BCUT2D eigenvalue weighted by Crippen LogP contribution is -2.31. The van der Waals surface area contributed by atoms with Gasteiger partial charge in [0.1, 0.15) is 16.3 Å². The van der Waals surface area contributed by atoms with Crippen molar-refractivity contribution in [1.82, 2.24) is 19.9 Å². The second-order valence-electron chi connectivity index (χ2n) is 8.95. The smallest absolute Gasteiger partial charge is 0.396 e. The largest absolute Gasteiger partial charge is 0.412 e. The first-order valence-corrected chi connectivity index (χ1v) is 13.0. The molecule has 12 heteroatoms. The first-order valence-electron chi connectivity index (χ1n) is 12.1. The summed E-state index contributed by atoms with van der Waals surface area (Å²) in [6.45, 7) is 5.20. The van der Waals surface area contributed by atoms with Gasteiger partial charge in [-0.2, -0.15) is 18.2 Å². The number of aliphatic hydroxyl groups excluding tert-OH is 2. The normalized spacial score (nSPS) is 14.3. The Morgan fingerprint density at radius 3 is 2.39 bits per heavy atom. The number of rotatable bonds is 10. The fraction of sp³-hybridized carbons (Fsp3) is 0.385. The molecule has 0 bridgehead atoms. The Morgan fingerprint density at radius 2 is 1.76 bits per heavy atom. The van der Waals surface area contributed by atoms with E-state index in [9.17, 15) is 23.4 Å². The van der Waals surface area contributed by atoms with E-state index in [-0.39, 0.29) is 36.4 Å². The summed E-state index contributed by atoms with van der Waals surface area (Å²) in [5.74, 6) is -0.358. The third-order valence-corrected chi connectivity index (χ3v) is 7.35. The van der Waals surface area contributed by atoms with E-state index in [1.165, 1.54) is 35.6 Å². The molecular weight excluding hydrogens is 517 g/mol. The van der Waals surface area contributed by atoms with Crippen LogP contribution in [0.3, 0.4) is 0 Å². The van der Waals surface area contributed by atoms with Crippen molar-refractivity contribution in [3.05, 3.63) is 59.5 Å². The predicted molar refractivity (Wildman–Crippen MR) is 142 cm³/mol. The zero-order chi connectivity index (χ0) is 27.4. The first-order chi connectivity index (χ1) is 18.1. The number of hydrogen-bond acceptors (Lipinski definition) is 9. The monoisotopic (exact) mass is 546 g/mol. The fourth-order valence-electron chi connectivity index (χ4n) is 4.13. The molecule has 0 radical (unpaired) electrons. The molecule has 0 aliphatic rings. The molecule has 0 amide bonds. The molecule has 3 aromatic heterocycles. The SMILES string of the molecule is CCC(CO)[C@@H](O)CNc1nc(NC(c2ccccc2)C(F)(F)F)nc(C)c1-c1nc2c(C)nccc2s1. The molecule has 4 N–H and O–H groups in total. The Hall–Kier alpha value is -3.35. The van der Waals surface area contributed by atoms with Crippen LogP contribution in [-0.2, 0) is 0 Å². The Kier molecular flexibility index (Phi) is 8.44. The quantitative estimate of drug-likeness (QED) is 0.213. The van der Waals surface area contributed by atoms with Gasteiger partial charge in [-0.3, -0.25) is 4.98 Å². The summed E-state index contributed by atoms with van der Waals surface area (Å²) in [5, 5.41) is 26.2. The third-order valence-electron chi connectivity index (χ3n) is 6.31. The predicted octanol–water partition coefficient (Wildman–Crippen LogP) is 5.27. The van der Waals surface area contributed by atoms with Crippen LogP contribution in [-0.4, -0.2) is 55.6 Å². The van der Waals surface area contributed by atoms with Crippen LogP contribution in [0.5, 0.6) is 0 Å². The minimum Gasteiger partial charge on any atom is -0.396 e. The van der Waals surface area contributed by atoms with Crippen LogP contribution in [0, 0.1) is 19.8 Å². The molecule has 0 saturated carbocycles. The van der Waals surface area contributed by atoms with Gasteiger partial charge in [-0.05, 0) is 31.9 Å². The van der Waals surface area contributed by atoms with Crippen molar-refractivity contribution in [2.75, 3.05) is 23.8 Å². The van der Waals surface area contributed by atoms with Crippen molar-refractivity contribution >= 4 is 33.3 Å². The topological polar surface area (TPSA) is 116 Å². The number of benzene rings is 1. The third kappa shape index (κ3) is 6.03. The number of pyridine rings is 1. The summed E-state index contributed by atoms with van der Waals surface area (Å²) in [6, 6.07) is 7.31. The maximum absolute atomic E-state index is 14.0. The van der Waals surface area contributed by atoms with Crippen LogP contribution in [0.15, 0.2) is 42.6 Å². The van der Waals surface area contributed by atoms with Crippen molar-refractivity contribution in [3.8, 4) is 10.6 Å². The van der Waals surface area contributed by atoms with Crippen LogP contribution in [0.1, 0.15) is 36.3 Å². The van der Waals surface area contributed by atoms with Crippen LogP contribution in [0.25, 0.3) is 20.8 Å². The molecule has 0 aliphatic heterocycles. The standard InChI is InChI=1S/C26H29F3N6O2S/c1-4-16(13-36)18(37)12-31-23-20(24-33-21-15(3)30-11-10-19(21)38-24)14(2)32-25(35-23)34-22(26(27,28)29)17-8-6-5-7-9-17/h5-11,16,18,22,36-37H,4,12-13H2,1-3H3,(H2,31,32,34,35)/t16?,18-,22?/m0/s1. The summed E-state index contributed by atoms with van der Waals surface area (Å²) in [7, 11) is 0. The van der Waals surface area contributed by atoms with Gasteiger partial charge in [0.05, 0.1) is 27.8 Å². The Bertz CT molecular complexity index is 1380. The van der Waals surface area contributed by atoms with E-state index in [1.807, 2.05) is 19.9 Å². The van der Waals surface area contributed by atoms with Gasteiger partial charge in [0, 0.05) is 25.3 Å². The number of thiazole rings is 1. The number of fused-ring (bicyclic) bond motifs is 1. The summed E-state index contributed by atoms with van der Waals surface area (Å²) < 4.78 is 42.9. The molecular formula is C26H29F3N6O2S. The average Bonchev–Trinajstić information content (AvgIpc) is 3.31. The highest BCUT2D eigenvalue weighted by molar-refractivity contribution is 7.21. The molecule has 1 aromatic carbocycles. The molecule has 4 rings (SSSR count). The van der Waals surface area contributed by atoms with Crippen molar-refractivity contribution < 1.29 is 23.4 Å². The van der Waals surface area contributed by atoms with Crippen molar-refractivity contribution in [1.29, 1.82) is 0 Å². The van der Waals surface area contributed by atoms with Gasteiger partial charge in [0.15, 0.2) is 6.04 Å². The van der Waals surface area contributed by atoms with Gasteiger partial charge in [0.25, 0.3) is 0 Å². The summed E-state index contributed by atoms with van der Waals surface area (Å²) in [4.78, 5) is 17.8. The number of alkyl halides is 3. The zero-order valence-corrected chi connectivity index (χ0v) is 21.9. The van der Waals surface area contributed by atoms with Crippen LogP contribution >= 0.6 is 11.3 Å². The highest BCUT2D eigenvalue weighted by Gasteiger charge is 2.41. The van der Waals surface area contributed by atoms with Gasteiger partial charge in [-0.15, -0.1) is 11.3 Å². The van der Waals surface area contributed by atoms with E-state index < -0.39 is 18.3 Å². The van der Waals surface area contributed by atoms with E-state index in [2.05, 4.69) is 25.6 Å². The minimum absolute atomic E-state index is 0.0226. The second-order valence-corrected chi connectivity index (χ2v) is 9.98. The number of nitrogens with one attached hydrogen (secondary N) is 2. The summed E-state index contributed by atoms with van der Waals surface area (Å²) in [5.41, 5.74) is 2.41. The maximum Gasteiger partial charge on any atom is 0.412 e. The van der Waals surface area contributed by atoms with E-state index in [0.717, 1.165) is 10.4 Å². The molecule has 0 fully saturated rings. The lowest BCUT2D eigenvalue weighted by atomic mass is 10.0. The number of aromatic nitrogens is 4. The van der Waals surface area contributed by atoms with Crippen LogP contribution in [0.2, 0.25) is 0 Å². The van der Waals surface area contributed by atoms with Gasteiger partial charge >= 0.3 is 6.18 Å². The maximum atomic E-state index is 14.0. The van der Waals surface area contributed by atoms with Crippen LogP contribution < -0.4 is 10.6 Å². The molecule has 0 aliphatic carbocycles. The Labute approximate surface area is 222 Å². The number of aryl methyl sites for hydroxylation is 2. The molecule has 38 heavy (non-hydrogen) atoms. The highest BCUT2D eigenvalue weighted by atomic mass is 32.1. The van der Waals surface area contributed by atoms with Crippen molar-refractivity contribution in [2.24, 2.45) is 5.92 Å². The lowest BCUT2D eigenvalue weighted by molar-refractivity contribution is -0.144. The fourth-order valence-corrected chi connectivity index (χ4v) is 5.24. The van der Waals surface area contributed by atoms with Gasteiger partial charge in [-0.25, -0.2) is 9.97 Å².